The molecular weight excluding hydrogens is 281 g/mol. The molecule has 1 saturated heterocycles. The fraction of sp³-hybridized carbons (Fsp3) is 0.533. The first-order chi connectivity index (χ1) is 10.0. The third-order valence-corrected chi connectivity index (χ3v) is 3.95. The van der Waals surface area contributed by atoms with E-state index in [-0.39, 0.29) is 0 Å². The average molecular weight is 298 g/mol. The Balaban J connectivity index is 1.70. The molecule has 0 aromatic heterocycles. The van der Waals surface area contributed by atoms with E-state index in [0.717, 1.165) is 38.1 Å². The van der Waals surface area contributed by atoms with Crippen LogP contribution in [0, 0.1) is 5.92 Å². The van der Waals surface area contributed by atoms with Crippen molar-refractivity contribution >= 4 is 5.90 Å². The van der Waals surface area contributed by atoms with E-state index >= 15 is 0 Å². The second-order valence-corrected chi connectivity index (χ2v) is 5.43. The maximum Gasteiger partial charge on any atom is 0.416 e. The van der Waals surface area contributed by atoms with E-state index in [1.807, 2.05) is 0 Å². The van der Waals surface area contributed by atoms with Crippen molar-refractivity contribution in [1.29, 1.82) is 0 Å². The quantitative estimate of drug-likeness (QED) is 0.910. The number of ether oxygens (including phenoxy) is 1. The summed E-state index contributed by atoms with van der Waals surface area (Å²) in [7, 11) is 0. The number of alkyl halides is 3. The van der Waals surface area contributed by atoms with Gasteiger partial charge in [-0.05, 0) is 43.6 Å². The molecule has 0 saturated carbocycles. The molecule has 0 aliphatic carbocycles. The Hall–Kier alpha value is -1.56. The first-order valence-electron chi connectivity index (χ1n) is 7.13. The van der Waals surface area contributed by atoms with Crippen LogP contribution in [0.3, 0.4) is 0 Å². The highest BCUT2D eigenvalue weighted by atomic mass is 19.4. The van der Waals surface area contributed by atoms with Gasteiger partial charge in [0.15, 0.2) is 5.90 Å². The predicted octanol–water partition coefficient (Wildman–Crippen LogP) is 3.17. The van der Waals surface area contributed by atoms with Gasteiger partial charge >= 0.3 is 6.18 Å². The lowest BCUT2D eigenvalue weighted by Crippen LogP contribution is -2.32. The molecule has 21 heavy (non-hydrogen) atoms. The van der Waals surface area contributed by atoms with E-state index in [4.69, 9.17) is 4.74 Å². The van der Waals surface area contributed by atoms with Crippen molar-refractivity contribution in [2.24, 2.45) is 10.9 Å². The predicted molar refractivity (Wildman–Crippen MR) is 73.2 cm³/mol. The molecule has 2 aliphatic heterocycles. The van der Waals surface area contributed by atoms with Gasteiger partial charge in [-0.25, -0.2) is 0 Å². The summed E-state index contributed by atoms with van der Waals surface area (Å²) >= 11 is 0. The zero-order valence-electron chi connectivity index (χ0n) is 11.5. The van der Waals surface area contributed by atoms with Gasteiger partial charge in [-0.3, -0.25) is 4.99 Å². The van der Waals surface area contributed by atoms with Gasteiger partial charge in [0.25, 0.3) is 0 Å². The minimum Gasteiger partial charge on any atom is -0.471 e. The Morgan fingerprint density at radius 3 is 2.67 bits per heavy atom. The Morgan fingerprint density at radius 2 is 1.95 bits per heavy atom. The van der Waals surface area contributed by atoms with Gasteiger partial charge in [0.2, 0.25) is 0 Å². The topological polar surface area (TPSA) is 33.6 Å². The fourth-order valence-corrected chi connectivity index (χ4v) is 2.78. The zero-order chi connectivity index (χ0) is 14.9. The van der Waals surface area contributed by atoms with Gasteiger partial charge in [0.05, 0.1) is 12.1 Å². The SMILES string of the molecule is FC(F)(F)c1cccc(C2CN=C(C3CCNCC3)O2)c1. The molecule has 0 radical (unpaired) electrons. The molecule has 1 aromatic carbocycles. The molecule has 1 atom stereocenters. The van der Waals surface area contributed by atoms with Crippen LogP contribution in [0.4, 0.5) is 13.2 Å². The second kappa shape index (κ2) is 5.67. The van der Waals surface area contributed by atoms with E-state index in [1.54, 1.807) is 6.07 Å². The molecule has 3 nitrogen and oxygen atoms in total. The maximum absolute atomic E-state index is 12.7. The third kappa shape index (κ3) is 3.20. The zero-order valence-corrected chi connectivity index (χ0v) is 11.5. The van der Waals surface area contributed by atoms with Gasteiger partial charge in [-0.2, -0.15) is 13.2 Å². The molecule has 0 spiro atoms. The smallest absolute Gasteiger partial charge is 0.416 e. The van der Waals surface area contributed by atoms with Crippen LogP contribution in [0.5, 0.6) is 0 Å². The van der Waals surface area contributed by atoms with Crippen LogP contribution in [-0.2, 0) is 10.9 Å². The Kier molecular flexibility index (Phi) is 3.89. The van der Waals surface area contributed by atoms with Crippen LogP contribution in [0.15, 0.2) is 29.3 Å². The highest BCUT2D eigenvalue weighted by Crippen LogP contribution is 2.33. The van der Waals surface area contributed by atoms with Gasteiger partial charge in [-0.15, -0.1) is 0 Å². The van der Waals surface area contributed by atoms with Crippen molar-refractivity contribution in [1.82, 2.24) is 5.32 Å². The molecule has 1 unspecified atom stereocenters. The van der Waals surface area contributed by atoms with Crippen molar-refractivity contribution in [3.63, 3.8) is 0 Å². The number of piperidine rings is 1. The summed E-state index contributed by atoms with van der Waals surface area (Å²) < 4.78 is 44.0. The molecule has 0 amide bonds. The van der Waals surface area contributed by atoms with Crippen LogP contribution >= 0.6 is 0 Å². The number of rotatable bonds is 2. The van der Waals surface area contributed by atoms with E-state index in [1.165, 1.54) is 6.07 Å². The normalized spacial score (nSPS) is 23.8. The summed E-state index contributed by atoms with van der Waals surface area (Å²) in [6.45, 7) is 2.27. The molecule has 2 aliphatic rings. The molecule has 3 rings (SSSR count). The molecule has 1 aromatic rings. The largest absolute Gasteiger partial charge is 0.471 e. The highest BCUT2D eigenvalue weighted by molar-refractivity contribution is 5.80. The van der Waals surface area contributed by atoms with Gasteiger partial charge in [0, 0.05) is 5.92 Å². The maximum atomic E-state index is 12.7. The number of halogens is 3. The lowest BCUT2D eigenvalue weighted by Gasteiger charge is -2.23. The number of hydrogen-bond donors (Lipinski definition) is 1. The van der Waals surface area contributed by atoms with E-state index in [2.05, 4.69) is 10.3 Å². The number of hydrogen-bond acceptors (Lipinski definition) is 3. The number of benzene rings is 1. The standard InChI is InChI=1S/C15H17F3N2O/c16-15(17,18)12-3-1-2-11(8-12)13-9-20-14(21-13)10-4-6-19-7-5-10/h1-3,8,10,13,19H,4-7,9H2. The number of aliphatic imine (C=N–C) groups is 1. The van der Waals surface area contributed by atoms with Crippen molar-refractivity contribution in [3.05, 3.63) is 35.4 Å². The van der Waals surface area contributed by atoms with Gasteiger partial charge in [-0.1, -0.05) is 12.1 Å². The molecule has 6 heteroatoms. The minimum absolute atomic E-state index is 0.294. The summed E-state index contributed by atoms with van der Waals surface area (Å²) in [5, 5.41) is 3.27. The first-order valence-corrected chi connectivity index (χ1v) is 7.13. The molecule has 1 N–H and O–H groups in total. The third-order valence-electron chi connectivity index (χ3n) is 3.95. The van der Waals surface area contributed by atoms with Crippen molar-refractivity contribution in [3.8, 4) is 0 Å². The van der Waals surface area contributed by atoms with Crippen molar-refractivity contribution < 1.29 is 17.9 Å². The van der Waals surface area contributed by atoms with Crippen molar-refractivity contribution in [2.75, 3.05) is 19.6 Å². The van der Waals surface area contributed by atoms with Gasteiger partial charge < -0.3 is 10.1 Å². The Labute approximate surface area is 121 Å². The van der Waals surface area contributed by atoms with Crippen LogP contribution in [0.25, 0.3) is 0 Å². The average Bonchev–Trinajstić information content (AvgIpc) is 2.97. The second-order valence-electron chi connectivity index (χ2n) is 5.43. The Morgan fingerprint density at radius 1 is 1.19 bits per heavy atom. The monoisotopic (exact) mass is 298 g/mol. The van der Waals surface area contributed by atoms with E-state index < -0.39 is 17.8 Å². The van der Waals surface area contributed by atoms with Gasteiger partial charge in [0.1, 0.15) is 6.10 Å². The van der Waals surface area contributed by atoms with Crippen LogP contribution < -0.4 is 5.32 Å². The summed E-state index contributed by atoms with van der Waals surface area (Å²) in [4.78, 5) is 4.39. The van der Waals surface area contributed by atoms with E-state index in [9.17, 15) is 13.2 Å². The van der Waals surface area contributed by atoms with Crippen LogP contribution in [-0.4, -0.2) is 25.5 Å². The first kappa shape index (κ1) is 14.4. The Bertz CT molecular complexity index is 536. The summed E-state index contributed by atoms with van der Waals surface area (Å²) in [6.07, 6.45) is -2.78. The highest BCUT2D eigenvalue weighted by Gasteiger charge is 2.33. The molecule has 2 heterocycles. The number of nitrogens with one attached hydrogen (secondary N) is 1. The molecular formula is C15H17F3N2O. The number of nitrogens with zero attached hydrogens (tertiary/aromatic N) is 1. The van der Waals surface area contributed by atoms with Crippen molar-refractivity contribution in [2.45, 2.75) is 25.1 Å². The van der Waals surface area contributed by atoms with Crippen LogP contribution in [0.2, 0.25) is 0 Å². The fourth-order valence-electron chi connectivity index (χ4n) is 2.78. The lowest BCUT2D eigenvalue weighted by atomic mass is 9.98. The molecule has 114 valence electrons. The summed E-state index contributed by atoms with van der Waals surface area (Å²) in [5.74, 6) is 1.00. The summed E-state index contributed by atoms with van der Waals surface area (Å²) in [6, 6.07) is 5.32. The molecule has 0 bridgehead atoms. The summed E-state index contributed by atoms with van der Waals surface area (Å²) in [5.41, 5.74) is -0.101. The lowest BCUT2D eigenvalue weighted by molar-refractivity contribution is -0.137. The molecule has 1 fully saturated rings. The van der Waals surface area contributed by atoms with Crippen LogP contribution in [0.1, 0.15) is 30.1 Å². The van der Waals surface area contributed by atoms with E-state index in [0.29, 0.717) is 23.9 Å². The minimum atomic E-state index is -4.33.